The van der Waals surface area contributed by atoms with Gasteiger partial charge >= 0.3 is 0 Å². The average Bonchev–Trinajstić information content (AvgIpc) is 3.04. The lowest BCUT2D eigenvalue weighted by Gasteiger charge is -2.16. The second-order valence-electron chi connectivity index (χ2n) is 6.71. The zero-order valence-corrected chi connectivity index (χ0v) is 18.1. The SMILES string of the molecule is COc1ccc(NC2=C(Sc3ccccc3)C(=O)N(c3ccccc3F)C2=O)c(OC)c1. The molecule has 162 valence electrons. The Bertz CT molecular complexity index is 1210. The standard InChI is InChI=1S/C24H19FN2O4S/c1-30-15-12-13-18(20(14-15)31-2)26-21-22(32-16-8-4-3-5-9-16)24(29)27(23(21)28)19-11-7-6-10-17(19)25/h3-14,26H,1-2H3. The van der Waals surface area contributed by atoms with E-state index in [2.05, 4.69) is 5.32 Å². The fourth-order valence-electron chi connectivity index (χ4n) is 3.21. The molecule has 0 saturated carbocycles. The maximum atomic E-state index is 14.5. The lowest BCUT2D eigenvalue weighted by atomic mass is 10.2. The number of anilines is 2. The Labute approximate surface area is 188 Å². The summed E-state index contributed by atoms with van der Waals surface area (Å²) in [6.07, 6.45) is 0. The number of hydrogen-bond donors (Lipinski definition) is 1. The van der Waals surface area contributed by atoms with E-state index in [-0.39, 0.29) is 16.3 Å². The summed E-state index contributed by atoms with van der Waals surface area (Å²) in [6, 6.07) is 19.9. The molecule has 1 aliphatic heterocycles. The summed E-state index contributed by atoms with van der Waals surface area (Å²) in [7, 11) is 3.02. The summed E-state index contributed by atoms with van der Waals surface area (Å²) in [6.45, 7) is 0. The molecule has 2 amide bonds. The third-order valence-electron chi connectivity index (χ3n) is 4.77. The lowest BCUT2D eigenvalue weighted by Crippen LogP contribution is -2.33. The molecule has 3 aromatic rings. The van der Waals surface area contributed by atoms with E-state index in [9.17, 15) is 14.0 Å². The van der Waals surface area contributed by atoms with Gasteiger partial charge in [-0.3, -0.25) is 9.59 Å². The minimum absolute atomic E-state index is 0.0376. The number of thioether (sulfide) groups is 1. The smallest absolute Gasteiger partial charge is 0.283 e. The van der Waals surface area contributed by atoms with Crippen LogP contribution in [-0.2, 0) is 9.59 Å². The molecule has 6 nitrogen and oxygen atoms in total. The summed E-state index contributed by atoms with van der Waals surface area (Å²) in [4.78, 5) is 28.4. The number of nitrogens with one attached hydrogen (secondary N) is 1. The fourth-order valence-corrected chi connectivity index (χ4v) is 4.16. The molecule has 1 heterocycles. The second kappa shape index (κ2) is 9.15. The van der Waals surface area contributed by atoms with Gasteiger partial charge in [0.05, 0.1) is 25.6 Å². The number of halogens is 1. The van der Waals surface area contributed by atoms with Crippen molar-refractivity contribution in [1.29, 1.82) is 0 Å². The van der Waals surface area contributed by atoms with Gasteiger partial charge in [0.25, 0.3) is 11.8 Å². The highest BCUT2D eigenvalue weighted by Gasteiger charge is 2.41. The van der Waals surface area contributed by atoms with E-state index in [1.807, 2.05) is 30.3 Å². The van der Waals surface area contributed by atoms with Crippen molar-refractivity contribution in [3.8, 4) is 11.5 Å². The molecule has 0 aromatic heterocycles. The number of carbonyl (C=O) groups is 2. The predicted octanol–water partition coefficient (Wildman–Crippen LogP) is 4.83. The molecular formula is C24H19FN2O4S. The van der Waals surface area contributed by atoms with Crippen molar-refractivity contribution in [3.05, 3.63) is 89.2 Å². The Morgan fingerprint density at radius 2 is 1.59 bits per heavy atom. The highest BCUT2D eigenvalue weighted by atomic mass is 32.2. The van der Waals surface area contributed by atoms with Gasteiger partial charge < -0.3 is 14.8 Å². The minimum Gasteiger partial charge on any atom is -0.497 e. The molecule has 0 bridgehead atoms. The molecule has 0 spiro atoms. The second-order valence-corrected chi connectivity index (χ2v) is 7.79. The zero-order chi connectivity index (χ0) is 22.7. The maximum Gasteiger partial charge on any atom is 0.283 e. The van der Waals surface area contributed by atoms with Crippen LogP contribution in [0.2, 0.25) is 0 Å². The van der Waals surface area contributed by atoms with Gasteiger partial charge in [0.1, 0.15) is 27.9 Å². The van der Waals surface area contributed by atoms with Crippen LogP contribution in [0.3, 0.4) is 0 Å². The first-order chi connectivity index (χ1) is 15.5. The van der Waals surface area contributed by atoms with Crippen molar-refractivity contribution in [1.82, 2.24) is 0 Å². The van der Waals surface area contributed by atoms with Crippen molar-refractivity contribution in [2.45, 2.75) is 4.90 Å². The Balaban J connectivity index is 1.78. The number of rotatable bonds is 7. The first kappa shape index (κ1) is 21.5. The number of carbonyl (C=O) groups excluding carboxylic acids is 2. The van der Waals surface area contributed by atoms with Crippen LogP contribution in [0.1, 0.15) is 0 Å². The molecule has 0 aliphatic carbocycles. The fraction of sp³-hybridized carbons (Fsp3) is 0.0833. The van der Waals surface area contributed by atoms with Crippen LogP contribution in [0.4, 0.5) is 15.8 Å². The first-order valence-electron chi connectivity index (χ1n) is 9.63. The topological polar surface area (TPSA) is 67.9 Å². The van der Waals surface area contributed by atoms with Gasteiger partial charge in [0.2, 0.25) is 0 Å². The van der Waals surface area contributed by atoms with Gasteiger partial charge in [-0.05, 0) is 36.4 Å². The maximum absolute atomic E-state index is 14.5. The van der Waals surface area contributed by atoms with Gasteiger partial charge in [-0.25, -0.2) is 9.29 Å². The van der Waals surface area contributed by atoms with Crippen molar-refractivity contribution in [2.24, 2.45) is 0 Å². The number of imide groups is 1. The van der Waals surface area contributed by atoms with Crippen molar-refractivity contribution in [3.63, 3.8) is 0 Å². The van der Waals surface area contributed by atoms with Crippen LogP contribution in [0.15, 0.2) is 88.3 Å². The molecule has 0 unspecified atom stereocenters. The van der Waals surface area contributed by atoms with E-state index in [0.29, 0.717) is 17.2 Å². The minimum atomic E-state index is -0.665. The molecular weight excluding hydrogens is 431 g/mol. The van der Waals surface area contributed by atoms with Gasteiger partial charge in [-0.15, -0.1) is 0 Å². The van der Waals surface area contributed by atoms with Crippen LogP contribution in [0.25, 0.3) is 0 Å². The Kier molecular flexibility index (Phi) is 6.13. The van der Waals surface area contributed by atoms with Crippen molar-refractivity contribution in [2.75, 3.05) is 24.4 Å². The van der Waals surface area contributed by atoms with Crippen LogP contribution >= 0.6 is 11.8 Å². The Morgan fingerprint density at radius 3 is 2.28 bits per heavy atom. The number of hydrogen-bond acceptors (Lipinski definition) is 6. The van der Waals surface area contributed by atoms with Crippen LogP contribution in [0.5, 0.6) is 11.5 Å². The van der Waals surface area contributed by atoms with Gasteiger partial charge in [-0.2, -0.15) is 0 Å². The van der Waals surface area contributed by atoms with E-state index < -0.39 is 17.6 Å². The summed E-state index contributed by atoms with van der Waals surface area (Å²) >= 11 is 1.13. The Morgan fingerprint density at radius 1 is 0.875 bits per heavy atom. The number of methoxy groups -OCH3 is 2. The highest BCUT2D eigenvalue weighted by Crippen LogP contribution is 2.40. The quantitative estimate of drug-likeness (QED) is 0.520. The molecule has 1 aliphatic rings. The molecule has 0 atom stereocenters. The van der Waals surface area contributed by atoms with Gasteiger partial charge in [-0.1, -0.05) is 42.1 Å². The first-order valence-corrected chi connectivity index (χ1v) is 10.4. The average molecular weight is 450 g/mol. The van der Waals surface area contributed by atoms with E-state index in [1.54, 1.807) is 24.3 Å². The molecule has 0 saturated heterocycles. The molecule has 0 fully saturated rings. The third kappa shape index (κ3) is 4.04. The predicted molar refractivity (Wildman–Crippen MR) is 121 cm³/mol. The van der Waals surface area contributed by atoms with Gasteiger partial charge in [0.15, 0.2) is 0 Å². The van der Waals surface area contributed by atoms with Crippen LogP contribution in [0, 0.1) is 5.82 Å². The number of benzene rings is 3. The van der Waals surface area contributed by atoms with Crippen molar-refractivity contribution < 1.29 is 23.5 Å². The van der Waals surface area contributed by atoms with Crippen molar-refractivity contribution >= 4 is 35.0 Å². The summed E-state index contributed by atoms with van der Waals surface area (Å²) < 4.78 is 25.1. The Hall–Kier alpha value is -3.78. The number of ether oxygens (including phenoxy) is 2. The molecule has 4 rings (SSSR count). The van der Waals surface area contributed by atoms with E-state index >= 15 is 0 Å². The largest absolute Gasteiger partial charge is 0.497 e. The molecule has 3 aromatic carbocycles. The van der Waals surface area contributed by atoms with E-state index in [0.717, 1.165) is 21.6 Å². The molecule has 0 radical (unpaired) electrons. The van der Waals surface area contributed by atoms with Crippen LogP contribution in [-0.4, -0.2) is 26.0 Å². The third-order valence-corrected chi connectivity index (χ3v) is 5.86. The number of nitrogens with zero attached hydrogens (tertiary/aromatic N) is 1. The summed E-state index contributed by atoms with van der Waals surface area (Å²) in [5.41, 5.74) is 0.397. The number of amides is 2. The lowest BCUT2D eigenvalue weighted by molar-refractivity contribution is -0.120. The molecule has 1 N–H and O–H groups in total. The van der Waals surface area contributed by atoms with E-state index in [4.69, 9.17) is 9.47 Å². The molecule has 8 heteroatoms. The molecule has 32 heavy (non-hydrogen) atoms. The monoisotopic (exact) mass is 450 g/mol. The summed E-state index contributed by atoms with van der Waals surface area (Å²) in [5, 5.41) is 3.03. The zero-order valence-electron chi connectivity index (χ0n) is 17.3. The van der Waals surface area contributed by atoms with Gasteiger partial charge in [0, 0.05) is 11.0 Å². The number of para-hydroxylation sites is 1. The normalized spacial score (nSPS) is 13.5. The summed E-state index contributed by atoms with van der Waals surface area (Å²) in [5.74, 6) is -0.936. The van der Waals surface area contributed by atoms with E-state index in [1.165, 1.54) is 32.4 Å². The van der Waals surface area contributed by atoms with Crippen LogP contribution < -0.4 is 19.7 Å². The highest BCUT2D eigenvalue weighted by molar-refractivity contribution is 8.04.